The van der Waals surface area contributed by atoms with Gasteiger partial charge in [0.25, 0.3) is 0 Å². The summed E-state index contributed by atoms with van der Waals surface area (Å²) in [5.41, 5.74) is 2.72. The van der Waals surface area contributed by atoms with Crippen molar-refractivity contribution in [2.45, 2.75) is 0 Å². The van der Waals surface area contributed by atoms with Crippen molar-refractivity contribution in [3.63, 3.8) is 0 Å². The van der Waals surface area contributed by atoms with Crippen LogP contribution in [0.5, 0.6) is 11.5 Å². The number of anilines is 2. The minimum Gasteiger partial charge on any atom is -0.493 e. The van der Waals surface area contributed by atoms with Crippen molar-refractivity contribution in [1.82, 2.24) is 9.97 Å². The maximum atomic E-state index is 9.59. The SMILES string of the molecule is COc1cc2cc3c(Nc4ccc(Cl)cc4Cl)c(C#N)cnc3nc2cc1OC. The van der Waals surface area contributed by atoms with Crippen LogP contribution >= 0.6 is 23.2 Å². The molecule has 0 amide bonds. The van der Waals surface area contributed by atoms with Crippen LogP contribution in [0.2, 0.25) is 10.0 Å². The topological polar surface area (TPSA) is 80.1 Å². The Balaban J connectivity index is 1.96. The van der Waals surface area contributed by atoms with Gasteiger partial charge in [-0.3, -0.25) is 0 Å². The summed E-state index contributed by atoms with van der Waals surface area (Å²) in [5.74, 6) is 1.16. The molecular weight excluding hydrogens is 411 g/mol. The molecule has 4 aromatic rings. The van der Waals surface area contributed by atoms with Gasteiger partial charge in [0.05, 0.1) is 41.7 Å². The normalized spacial score (nSPS) is 10.7. The van der Waals surface area contributed by atoms with Gasteiger partial charge in [0.1, 0.15) is 6.07 Å². The van der Waals surface area contributed by atoms with E-state index in [1.807, 2.05) is 12.1 Å². The van der Waals surface area contributed by atoms with Crippen LogP contribution in [0.15, 0.2) is 42.6 Å². The Labute approximate surface area is 176 Å². The van der Waals surface area contributed by atoms with Gasteiger partial charge >= 0.3 is 0 Å². The molecule has 6 nitrogen and oxygen atoms in total. The number of hydrogen-bond donors (Lipinski definition) is 1. The zero-order chi connectivity index (χ0) is 20.5. The number of rotatable bonds is 4. The summed E-state index contributed by atoms with van der Waals surface area (Å²) in [6.07, 6.45) is 1.48. The zero-order valence-electron chi connectivity index (χ0n) is 15.5. The molecule has 0 aliphatic carbocycles. The predicted octanol–water partition coefficient (Wildman–Crippen LogP) is 5.72. The summed E-state index contributed by atoms with van der Waals surface area (Å²) >= 11 is 12.3. The van der Waals surface area contributed by atoms with Gasteiger partial charge < -0.3 is 14.8 Å². The zero-order valence-corrected chi connectivity index (χ0v) is 17.0. The summed E-state index contributed by atoms with van der Waals surface area (Å²) in [7, 11) is 3.14. The highest BCUT2D eigenvalue weighted by molar-refractivity contribution is 6.36. The maximum absolute atomic E-state index is 9.59. The number of fused-ring (bicyclic) bond motifs is 2. The van der Waals surface area contributed by atoms with Crippen LogP contribution in [0, 0.1) is 11.3 Å². The fraction of sp³-hybridized carbons (Fsp3) is 0.0952. The lowest BCUT2D eigenvalue weighted by Crippen LogP contribution is -1.99. The molecule has 2 aromatic heterocycles. The number of benzene rings is 2. The van der Waals surface area contributed by atoms with Gasteiger partial charge in [0.2, 0.25) is 0 Å². The first-order valence-electron chi connectivity index (χ1n) is 8.51. The summed E-state index contributed by atoms with van der Waals surface area (Å²) in [6.45, 7) is 0. The molecule has 2 aromatic carbocycles. The minimum atomic E-state index is 0.366. The molecule has 0 fully saturated rings. The number of ether oxygens (including phenoxy) is 2. The maximum Gasteiger partial charge on any atom is 0.162 e. The third-order valence-electron chi connectivity index (χ3n) is 4.47. The number of pyridine rings is 2. The van der Waals surface area contributed by atoms with Crippen LogP contribution < -0.4 is 14.8 Å². The smallest absolute Gasteiger partial charge is 0.162 e. The van der Waals surface area contributed by atoms with Gasteiger partial charge in [-0.05, 0) is 30.3 Å². The molecule has 0 spiro atoms. The first-order valence-corrected chi connectivity index (χ1v) is 9.27. The highest BCUT2D eigenvalue weighted by atomic mass is 35.5. The van der Waals surface area contributed by atoms with Gasteiger partial charge in [-0.2, -0.15) is 5.26 Å². The highest BCUT2D eigenvalue weighted by Crippen LogP contribution is 2.36. The average Bonchev–Trinajstić information content (AvgIpc) is 2.73. The van der Waals surface area contributed by atoms with E-state index in [0.29, 0.717) is 55.0 Å². The summed E-state index contributed by atoms with van der Waals surface area (Å²) in [5, 5.41) is 15.3. The molecule has 29 heavy (non-hydrogen) atoms. The lowest BCUT2D eigenvalue weighted by Gasteiger charge is -2.14. The van der Waals surface area contributed by atoms with Crippen LogP contribution in [0.1, 0.15) is 5.56 Å². The van der Waals surface area contributed by atoms with E-state index in [2.05, 4.69) is 21.4 Å². The molecule has 8 heteroatoms. The molecule has 2 heterocycles. The molecule has 0 radical (unpaired) electrons. The molecule has 1 N–H and O–H groups in total. The van der Waals surface area contributed by atoms with Crippen LogP contribution in [0.4, 0.5) is 11.4 Å². The number of nitriles is 1. The predicted molar refractivity (Wildman–Crippen MR) is 115 cm³/mol. The quantitative estimate of drug-likeness (QED) is 0.421. The van der Waals surface area contributed by atoms with Crippen LogP contribution in [-0.2, 0) is 0 Å². The number of halogens is 2. The van der Waals surface area contributed by atoms with E-state index in [-0.39, 0.29) is 0 Å². The number of methoxy groups -OCH3 is 2. The monoisotopic (exact) mass is 424 g/mol. The lowest BCUT2D eigenvalue weighted by molar-refractivity contribution is 0.356. The summed E-state index contributed by atoms with van der Waals surface area (Å²) < 4.78 is 10.7. The lowest BCUT2D eigenvalue weighted by atomic mass is 10.1. The number of aromatic nitrogens is 2. The van der Waals surface area contributed by atoms with E-state index in [9.17, 15) is 5.26 Å². The van der Waals surface area contributed by atoms with Crippen molar-refractivity contribution in [3.8, 4) is 17.6 Å². The van der Waals surface area contributed by atoms with Crippen LogP contribution in [0.25, 0.3) is 21.9 Å². The highest BCUT2D eigenvalue weighted by Gasteiger charge is 2.15. The second-order valence-corrected chi connectivity index (χ2v) is 7.01. The van der Waals surface area contributed by atoms with Crippen molar-refractivity contribution in [1.29, 1.82) is 5.26 Å². The van der Waals surface area contributed by atoms with Crippen molar-refractivity contribution in [2.24, 2.45) is 0 Å². The van der Waals surface area contributed by atoms with Gasteiger partial charge in [0.15, 0.2) is 17.1 Å². The second-order valence-electron chi connectivity index (χ2n) is 6.17. The molecule has 0 unspecified atom stereocenters. The summed E-state index contributed by atoms with van der Waals surface area (Å²) in [6, 6.07) is 12.8. The molecule has 0 atom stereocenters. The number of hydrogen-bond acceptors (Lipinski definition) is 6. The van der Waals surface area contributed by atoms with Crippen molar-refractivity contribution >= 4 is 56.5 Å². The minimum absolute atomic E-state index is 0.366. The molecule has 4 rings (SSSR count). The molecule has 0 aliphatic heterocycles. The van der Waals surface area contributed by atoms with Crippen molar-refractivity contribution in [2.75, 3.05) is 19.5 Å². The van der Waals surface area contributed by atoms with Crippen LogP contribution in [-0.4, -0.2) is 24.2 Å². The van der Waals surface area contributed by atoms with Crippen molar-refractivity contribution in [3.05, 3.63) is 58.2 Å². The first kappa shape index (κ1) is 19.1. The van der Waals surface area contributed by atoms with Crippen molar-refractivity contribution < 1.29 is 9.47 Å². The number of nitrogens with zero attached hydrogens (tertiary/aromatic N) is 3. The molecule has 0 saturated carbocycles. The Morgan fingerprint density at radius 3 is 2.48 bits per heavy atom. The Kier molecular flexibility index (Phi) is 5.01. The average molecular weight is 425 g/mol. The van der Waals surface area contributed by atoms with Crippen LogP contribution in [0.3, 0.4) is 0 Å². The molecule has 0 aliphatic rings. The summed E-state index contributed by atoms with van der Waals surface area (Å²) in [4.78, 5) is 8.97. The number of nitrogens with one attached hydrogen (secondary N) is 1. The Morgan fingerprint density at radius 1 is 1.03 bits per heavy atom. The Hall–Kier alpha value is -3.27. The second kappa shape index (κ2) is 7.63. The van der Waals surface area contributed by atoms with Gasteiger partial charge in [0, 0.05) is 28.1 Å². The molecule has 144 valence electrons. The standard InChI is InChI=1S/C21H14Cl2N4O2/c1-28-18-6-11-5-14-20(26-16-4-3-13(22)7-15(16)23)12(9-24)10-25-21(14)27-17(11)8-19(18)29-2/h3-8,10H,1-2H3,(H,25,26,27). The van der Waals surface area contributed by atoms with E-state index >= 15 is 0 Å². The van der Waals surface area contributed by atoms with Gasteiger partial charge in [-0.25, -0.2) is 9.97 Å². The first-order chi connectivity index (χ1) is 14.0. The van der Waals surface area contributed by atoms with E-state index < -0.39 is 0 Å². The largest absolute Gasteiger partial charge is 0.493 e. The molecular formula is C21H14Cl2N4O2. The van der Waals surface area contributed by atoms with Gasteiger partial charge in [-0.15, -0.1) is 0 Å². The fourth-order valence-corrected chi connectivity index (χ4v) is 3.51. The third-order valence-corrected chi connectivity index (χ3v) is 5.01. The Morgan fingerprint density at radius 2 is 1.79 bits per heavy atom. The van der Waals surface area contributed by atoms with E-state index in [4.69, 9.17) is 32.7 Å². The van der Waals surface area contributed by atoms with E-state index in [1.54, 1.807) is 38.5 Å². The van der Waals surface area contributed by atoms with Gasteiger partial charge in [-0.1, -0.05) is 23.2 Å². The van der Waals surface area contributed by atoms with E-state index in [0.717, 1.165) is 5.39 Å². The molecule has 0 bridgehead atoms. The Bertz CT molecular complexity index is 1300. The molecule has 0 saturated heterocycles. The van der Waals surface area contributed by atoms with E-state index in [1.165, 1.54) is 6.20 Å². The fourth-order valence-electron chi connectivity index (χ4n) is 3.05. The third kappa shape index (κ3) is 3.46.